The van der Waals surface area contributed by atoms with E-state index in [1.165, 1.54) is 64.3 Å². The normalized spacial score (nSPS) is 12.3. The first-order chi connectivity index (χ1) is 9.20. The Kier molecular flexibility index (Phi) is 11.7. The maximum Gasteiger partial charge on any atom is 0.0326 e. The summed E-state index contributed by atoms with van der Waals surface area (Å²) in [5.74, 6) is 0. The summed E-state index contributed by atoms with van der Waals surface area (Å²) in [5.41, 5.74) is 6.30. The Morgan fingerprint density at radius 1 is 0.789 bits per heavy atom. The summed E-state index contributed by atoms with van der Waals surface area (Å²) in [4.78, 5) is 2.62. The zero-order chi connectivity index (χ0) is 14.6. The van der Waals surface area contributed by atoms with Crippen LogP contribution in [0, 0.1) is 0 Å². The van der Waals surface area contributed by atoms with Crippen molar-refractivity contribution in [1.82, 2.24) is 4.90 Å². The van der Waals surface area contributed by atoms with Crippen molar-refractivity contribution in [2.75, 3.05) is 19.6 Å². The Balaban J connectivity index is 3.92. The van der Waals surface area contributed by atoms with Crippen molar-refractivity contribution >= 4 is 0 Å². The van der Waals surface area contributed by atoms with Crippen LogP contribution in [-0.2, 0) is 0 Å². The van der Waals surface area contributed by atoms with E-state index in [0.717, 1.165) is 13.1 Å². The van der Waals surface area contributed by atoms with Gasteiger partial charge in [-0.2, -0.15) is 0 Å². The lowest BCUT2D eigenvalue weighted by Gasteiger charge is -2.42. The molecule has 0 aliphatic rings. The van der Waals surface area contributed by atoms with Crippen LogP contribution in [0.4, 0.5) is 0 Å². The van der Waals surface area contributed by atoms with Gasteiger partial charge in [-0.3, -0.25) is 4.90 Å². The molecular formula is C17H38N2. The molecule has 2 heteroatoms. The summed E-state index contributed by atoms with van der Waals surface area (Å²) in [7, 11) is 0. The number of unbranched alkanes of at least 4 members (excludes halogenated alkanes) is 6. The highest BCUT2D eigenvalue weighted by Crippen LogP contribution is 2.23. The summed E-state index contributed by atoms with van der Waals surface area (Å²) in [5, 5.41) is 0. The molecule has 0 radical (unpaired) electrons. The fraction of sp³-hybridized carbons (Fsp3) is 1.00. The fourth-order valence-corrected chi connectivity index (χ4v) is 3.11. The molecule has 0 aliphatic heterocycles. The smallest absolute Gasteiger partial charge is 0.0326 e. The molecule has 0 aromatic heterocycles. The summed E-state index contributed by atoms with van der Waals surface area (Å²) in [6.07, 6.45) is 12.1. The summed E-state index contributed by atoms with van der Waals surface area (Å²) in [6, 6.07) is 0. The predicted molar refractivity (Wildman–Crippen MR) is 87.6 cm³/mol. The van der Waals surface area contributed by atoms with Crippen LogP contribution >= 0.6 is 0 Å². The standard InChI is InChI=1S/C17H38N2/c1-5-9-10-11-12-13-14-15-19(8-4)17(6-2,7-3)16-18/h5-16,18H2,1-4H3. The third kappa shape index (κ3) is 6.76. The maximum absolute atomic E-state index is 6.05. The van der Waals surface area contributed by atoms with Gasteiger partial charge < -0.3 is 5.73 Å². The van der Waals surface area contributed by atoms with Crippen LogP contribution in [0.2, 0.25) is 0 Å². The zero-order valence-electron chi connectivity index (χ0n) is 14.0. The van der Waals surface area contributed by atoms with E-state index in [-0.39, 0.29) is 5.54 Å². The fourth-order valence-electron chi connectivity index (χ4n) is 3.11. The second-order valence-corrected chi connectivity index (χ2v) is 5.84. The minimum atomic E-state index is 0.247. The highest BCUT2D eigenvalue weighted by molar-refractivity contribution is 4.88. The number of nitrogens with two attached hydrogens (primary N) is 1. The first kappa shape index (κ1) is 18.9. The molecule has 0 aliphatic carbocycles. The third-order valence-electron chi connectivity index (χ3n) is 4.78. The molecule has 2 nitrogen and oxygen atoms in total. The molecule has 0 fully saturated rings. The SMILES string of the molecule is CCCCCCCCCN(CC)C(CC)(CC)CN. The van der Waals surface area contributed by atoms with Crippen molar-refractivity contribution in [2.45, 2.75) is 91.0 Å². The molecule has 116 valence electrons. The van der Waals surface area contributed by atoms with Crippen LogP contribution in [0.1, 0.15) is 85.5 Å². The Morgan fingerprint density at radius 2 is 1.32 bits per heavy atom. The molecule has 0 amide bonds. The van der Waals surface area contributed by atoms with Gasteiger partial charge in [-0.25, -0.2) is 0 Å². The van der Waals surface area contributed by atoms with Crippen molar-refractivity contribution in [1.29, 1.82) is 0 Å². The highest BCUT2D eigenvalue weighted by atomic mass is 15.2. The molecule has 0 saturated heterocycles. The highest BCUT2D eigenvalue weighted by Gasteiger charge is 2.30. The van der Waals surface area contributed by atoms with Gasteiger partial charge in [0.05, 0.1) is 0 Å². The molecule has 0 aromatic rings. The van der Waals surface area contributed by atoms with Gasteiger partial charge in [-0.1, -0.05) is 66.2 Å². The molecule has 2 N–H and O–H groups in total. The molecule has 0 atom stereocenters. The molecular weight excluding hydrogens is 232 g/mol. The average molecular weight is 271 g/mol. The average Bonchev–Trinajstić information content (AvgIpc) is 2.46. The number of rotatable bonds is 13. The van der Waals surface area contributed by atoms with Crippen LogP contribution in [0.5, 0.6) is 0 Å². The number of hydrogen-bond donors (Lipinski definition) is 1. The van der Waals surface area contributed by atoms with E-state index in [0.29, 0.717) is 0 Å². The van der Waals surface area contributed by atoms with Gasteiger partial charge in [0.2, 0.25) is 0 Å². The molecule has 19 heavy (non-hydrogen) atoms. The second-order valence-electron chi connectivity index (χ2n) is 5.84. The third-order valence-corrected chi connectivity index (χ3v) is 4.78. The van der Waals surface area contributed by atoms with Crippen molar-refractivity contribution in [2.24, 2.45) is 5.73 Å². The van der Waals surface area contributed by atoms with Gasteiger partial charge in [0, 0.05) is 12.1 Å². The van der Waals surface area contributed by atoms with Gasteiger partial charge in [0.15, 0.2) is 0 Å². The van der Waals surface area contributed by atoms with E-state index in [1.807, 2.05) is 0 Å². The summed E-state index contributed by atoms with van der Waals surface area (Å²) >= 11 is 0. The van der Waals surface area contributed by atoms with E-state index in [9.17, 15) is 0 Å². The first-order valence-corrected chi connectivity index (χ1v) is 8.65. The van der Waals surface area contributed by atoms with Crippen molar-refractivity contribution in [3.63, 3.8) is 0 Å². The van der Waals surface area contributed by atoms with Crippen molar-refractivity contribution in [3.05, 3.63) is 0 Å². The molecule has 0 bridgehead atoms. The van der Waals surface area contributed by atoms with Gasteiger partial charge in [0.1, 0.15) is 0 Å². The Morgan fingerprint density at radius 3 is 1.74 bits per heavy atom. The minimum Gasteiger partial charge on any atom is -0.329 e. The molecule has 0 unspecified atom stereocenters. The van der Waals surface area contributed by atoms with Crippen molar-refractivity contribution < 1.29 is 0 Å². The van der Waals surface area contributed by atoms with Crippen LogP contribution in [0.25, 0.3) is 0 Å². The van der Waals surface area contributed by atoms with Crippen LogP contribution < -0.4 is 5.73 Å². The Bertz CT molecular complexity index is 179. The lowest BCUT2D eigenvalue weighted by molar-refractivity contribution is 0.0885. The molecule has 0 aromatic carbocycles. The zero-order valence-corrected chi connectivity index (χ0v) is 14.0. The number of hydrogen-bond acceptors (Lipinski definition) is 2. The minimum absolute atomic E-state index is 0.247. The van der Waals surface area contributed by atoms with Crippen molar-refractivity contribution in [3.8, 4) is 0 Å². The predicted octanol–water partition coefficient (Wildman–Crippen LogP) is 4.58. The van der Waals surface area contributed by atoms with Gasteiger partial charge in [-0.05, 0) is 32.4 Å². The molecule has 0 rings (SSSR count). The van der Waals surface area contributed by atoms with Gasteiger partial charge in [0.25, 0.3) is 0 Å². The van der Waals surface area contributed by atoms with Crippen LogP contribution in [0.15, 0.2) is 0 Å². The maximum atomic E-state index is 6.05. The molecule has 0 saturated carbocycles. The molecule has 0 spiro atoms. The van der Waals surface area contributed by atoms with E-state index >= 15 is 0 Å². The number of nitrogens with zero attached hydrogens (tertiary/aromatic N) is 1. The van der Waals surface area contributed by atoms with E-state index in [1.54, 1.807) is 0 Å². The number of likely N-dealkylation sites (N-methyl/N-ethyl adjacent to an activating group) is 1. The summed E-state index contributed by atoms with van der Waals surface area (Å²) < 4.78 is 0. The van der Waals surface area contributed by atoms with E-state index in [4.69, 9.17) is 5.73 Å². The van der Waals surface area contributed by atoms with Crippen LogP contribution in [-0.4, -0.2) is 30.1 Å². The Labute approximate surface area is 122 Å². The lowest BCUT2D eigenvalue weighted by atomic mass is 9.90. The quantitative estimate of drug-likeness (QED) is 0.496. The molecule has 0 heterocycles. The van der Waals surface area contributed by atoms with Crippen LogP contribution in [0.3, 0.4) is 0 Å². The first-order valence-electron chi connectivity index (χ1n) is 8.65. The monoisotopic (exact) mass is 270 g/mol. The van der Waals surface area contributed by atoms with E-state index in [2.05, 4.69) is 32.6 Å². The summed E-state index contributed by atoms with van der Waals surface area (Å²) in [6.45, 7) is 12.3. The lowest BCUT2D eigenvalue weighted by Crippen LogP contribution is -2.53. The van der Waals surface area contributed by atoms with Gasteiger partial charge >= 0.3 is 0 Å². The second kappa shape index (κ2) is 11.7. The Hall–Kier alpha value is -0.0800. The topological polar surface area (TPSA) is 29.3 Å². The van der Waals surface area contributed by atoms with Gasteiger partial charge in [-0.15, -0.1) is 0 Å². The largest absolute Gasteiger partial charge is 0.329 e. The van der Waals surface area contributed by atoms with E-state index < -0.39 is 0 Å².